The van der Waals surface area contributed by atoms with Gasteiger partial charge in [-0.2, -0.15) is 0 Å². The standard InChI is InChI=1S/C24H34O3/c1-15(4-9-22(26)27)19-7-8-20-18-6-5-16-14-17(25)10-12-23(16,2)21(18)11-13-24(19,20)3/h4,9,14-15,18-21H,5-8,10-13H2,1-3H3,(H,26,27)/b9-4+/t15-,18?,19-,20?,21?,23+,24-/m1/s1. The van der Waals surface area contributed by atoms with E-state index >= 15 is 0 Å². The number of ketones is 1. The molecule has 148 valence electrons. The molecule has 3 fully saturated rings. The minimum Gasteiger partial charge on any atom is -0.478 e. The van der Waals surface area contributed by atoms with Gasteiger partial charge in [0, 0.05) is 12.5 Å². The second-order valence-electron chi connectivity index (χ2n) is 10.3. The number of fused-ring (bicyclic) bond motifs is 5. The lowest BCUT2D eigenvalue weighted by Crippen LogP contribution is -2.50. The number of hydrogen-bond donors (Lipinski definition) is 1. The van der Waals surface area contributed by atoms with E-state index in [1.54, 1.807) is 0 Å². The highest BCUT2D eigenvalue weighted by atomic mass is 16.4. The molecular weight excluding hydrogens is 336 g/mol. The predicted octanol–water partition coefficient (Wildman–Crippen LogP) is 5.41. The van der Waals surface area contributed by atoms with Crippen LogP contribution in [0.3, 0.4) is 0 Å². The molecule has 0 aliphatic heterocycles. The molecule has 0 amide bonds. The van der Waals surface area contributed by atoms with Crippen LogP contribution < -0.4 is 0 Å². The highest BCUT2D eigenvalue weighted by molar-refractivity contribution is 5.91. The van der Waals surface area contributed by atoms with E-state index in [4.69, 9.17) is 5.11 Å². The summed E-state index contributed by atoms with van der Waals surface area (Å²) in [6.07, 6.45) is 14.4. The Morgan fingerprint density at radius 1 is 1.15 bits per heavy atom. The van der Waals surface area contributed by atoms with E-state index in [-0.39, 0.29) is 5.41 Å². The third kappa shape index (κ3) is 2.93. The number of carbonyl (C=O) groups excluding carboxylic acids is 1. The largest absolute Gasteiger partial charge is 0.478 e. The number of carbonyl (C=O) groups is 2. The molecule has 0 heterocycles. The average molecular weight is 371 g/mol. The molecule has 4 aliphatic carbocycles. The minimum atomic E-state index is -0.836. The molecule has 3 unspecified atom stereocenters. The lowest BCUT2D eigenvalue weighted by molar-refractivity contribution is -0.131. The molecular formula is C24H34O3. The van der Waals surface area contributed by atoms with Gasteiger partial charge in [-0.25, -0.2) is 4.79 Å². The fourth-order valence-corrected chi connectivity index (χ4v) is 7.83. The monoisotopic (exact) mass is 370 g/mol. The van der Waals surface area contributed by atoms with Gasteiger partial charge >= 0.3 is 5.97 Å². The summed E-state index contributed by atoms with van der Waals surface area (Å²) in [6, 6.07) is 0. The van der Waals surface area contributed by atoms with Gasteiger partial charge in [0.15, 0.2) is 5.78 Å². The van der Waals surface area contributed by atoms with Gasteiger partial charge in [-0.15, -0.1) is 0 Å². The van der Waals surface area contributed by atoms with Crippen LogP contribution in [0.15, 0.2) is 23.8 Å². The third-order valence-corrected chi connectivity index (χ3v) is 9.21. The third-order valence-electron chi connectivity index (χ3n) is 9.21. The van der Waals surface area contributed by atoms with E-state index < -0.39 is 5.97 Å². The molecule has 3 nitrogen and oxygen atoms in total. The van der Waals surface area contributed by atoms with Crippen molar-refractivity contribution in [2.45, 2.75) is 72.1 Å². The van der Waals surface area contributed by atoms with E-state index in [1.165, 1.54) is 43.8 Å². The second-order valence-corrected chi connectivity index (χ2v) is 10.3. The number of carboxylic acid groups (broad SMARTS) is 1. The molecule has 0 saturated heterocycles. The first kappa shape index (κ1) is 19.0. The van der Waals surface area contributed by atoms with Crippen LogP contribution in [0.4, 0.5) is 0 Å². The van der Waals surface area contributed by atoms with Gasteiger partial charge in [0.1, 0.15) is 0 Å². The lowest BCUT2D eigenvalue weighted by atomic mass is 9.46. The lowest BCUT2D eigenvalue weighted by Gasteiger charge is -2.58. The Kier molecular flexibility index (Phi) is 4.63. The van der Waals surface area contributed by atoms with Crippen molar-refractivity contribution in [3.8, 4) is 0 Å². The average Bonchev–Trinajstić information content (AvgIpc) is 2.97. The normalized spacial score (nSPS) is 45.0. The van der Waals surface area contributed by atoms with E-state index in [9.17, 15) is 9.59 Å². The number of hydrogen-bond acceptors (Lipinski definition) is 2. The van der Waals surface area contributed by atoms with Gasteiger partial charge in [-0.3, -0.25) is 4.79 Å². The summed E-state index contributed by atoms with van der Waals surface area (Å²) in [5, 5.41) is 9.00. The molecule has 0 aromatic heterocycles. The Morgan fingerprint density at radius 2 is 1.93 bits per heavy atom. The molecule has 27 heavy (non-hydrogen) atoms. The van der Waals surface area contributed by atoms with Crippen LogP contribution in [0.2, 0.25) is 0 Å². The summed E-state index contributed by atoms with van der Waals surface area (Å²) >= 11 is 0. The molecule has 0 aromatic carbocycles. The zero-order valence-corrected chi connectivity index (χ0v) is 17.0. The van der Waals surface area contributed by atoms with Gasteiger partial charge in [-0.1, -0.05) is 32.4 Å². The van der Waals surface area contributed by atoms with Crippen LogP contribution in [0.25, 0.3) is 0 Å². The van der Waals surface area contributed by atoms with E-state index in [0.717, 1.165) is 37.0 Å². The Bertz CT molecular complexity index is 704. The van der Waals surface area contributed by atoms with Crippen LogP contribution in [0.5, 0.6) is 0 Å². The van der Waals surface area contributed by atoms with E-state index in [0.29, 0.717) is 23.0 Å². The predicted molar refractivity (Wildman–Crippen MR) is 106 cm³/mol. The molecule has 4 rings (SSSR count). The smallest absolute Gasteiger partial charge is 0.327 e. The molecule has 0 aromatic rings. The maximum absolute atomic E-state index is 12.0. The van der Waals surface area contributed by atoms with Crippen molar-refractivity contribution < 1.29 is 14.7 Å². The maximum Gasteiger partial charge on any atom is 0.327 e. The molecule has 0 radical (unpaired) electrons. The number of rotatable bonds is 3. The first-order chi connectivity index (χ1) is 12.8. The first-order valence-corrected chi connectivity index (χ1v) is 10.9. The minimum absolute atomic E-state index is 0.241. The van der Waals surface area contributed by atoms with E-state index in [2.05, 4.69) is 20.8 Å². The zero-order valence-electron chi connectivity index (χ0n) is 17.0. The van der Waals surface area contributed by atoms with Gasteiger partial charge in [0.05, 0.1) is 0 Å². The Labute approximate surface area is 163 Å². The fraction of sp³-hybridized carbons (Fsp3) is 0.750. The Balaban J connectivity index is 1.58. The molecule has 0 spiro atoms. The van der Waals surface area contributed by atoms with Crippen molar-refractivity contribution >= 4 is 11.8 Å². The number of allylic oxidation sites excluding steroid dienone is 2. The fourth-order valence-electron chi connectivity index (χ4n) is 7.83. The summed E-state index contributed by atoms with van der Waals surface area (Å²) < 4.78 is 0. The van der Waals surface area contributed by atoms with Crippen LogP contribution in [0.1, 0.15) is 72.1 Å². The summed E-state index contributed by atoms with van der Waals surface area (Å²) in [6.45, 7) is 7.14. The molecule has 7 atom stereocenters. The molecule has 4 aliphatic rings. The van der Waals surface area contributed by atoms with Crippen molar-refractivity contribution in [3.63, 3.8) is 0 Å². The number of aliphatic carboxylic acids is 1. The quantitative estimate of drug-likeness (QED) is 0.676. The van der Waals surface area contributed by atoms with Gasteiger partial charge in [0.2, 0.25) is 0 Å². The topological polar surface area (TPSA) is 54.4 Å². The van der Waals surface area contributed by atoms with Crippen LogP contribution in [0, 0.1) is 40.4 Å². The Morgan fingerprint density at radius 3 is 2.67 bits per heavy atom. The molecule has 1 N–H and O–H groups in total. The molecule has 0 bridgehead atoms. The van der Waals surface area contributed by atoms with Crippen molar-refractivity contribution in [2.24, 2.45) is 40.4 Å². The van der Waals surface area contributed by atoms with Gasteiger partial charge in [0.25, 0.3) is 0 Å². The SMILES string of the molecule is C[C@H](/C=C/C(=O)O)[C@H]1CCC2C3CCC4=CC(=O)CC[C@]4(C)C3CC[C@@]21C. The summed E-state index contributed by atoms with van der Waals surface area (Å²) in [5.41, 5.74) is 2.02. The highest BCUT2D eigenvalue weighted by Crippen LogP contribution is 2.67. The first-order valence-electron chi connectivity index (χ1n) is 10.9. The van der Waals surface area contributed by atoms with Crippen molar-refractivity contribution in [1.82, 2.24) is 0 Å². The zero-order chi connectivity index (χ0) is 19.4. The second kappa shape index (κ2) is 6.60. The summed E-state index contributed by atoms with van der Waals surface area (Å²) in [5.74, 6) is 2.69. The van der Waals surface area contributed by atoms with Gasteiger partial charge in [-0.05, 0) is 91.4 Å². The highest BCUT2D eigenvalue weighted by Gasteiger charge is 2.59. The van der Waals surface area contributed by atoms with Crippen molar-refractivity contribution in [3.05, 3.63) is 23.8 Å². The van der Waals surface area contributed by atoms with Crippen molar-refractivity contribution in [2.75, 3.05) is 0 Å². The van der Waals surface area contributed by atoms with Crippen LogP contribution in [-0.2, 0) is 9.59 Å². The summed E-state index contributed by atoms with van der Waals surface area (Å²) in [4.78, 5) is 22.9. The maximum atomic E-state index is 12.0. The van der Waals surface area contributed by atoms with Gasteiger partial charge < -0.3 is 5.11 Å². The number of carboxylic acids is 1. The molecule has 3 saturated carbocycles. The van der Waals surface area contributed by atoms with E-state index in [1.807, 2.05) is 12.2 Å². The van der Waals surface area contributed by atoms with Crippen LogP contribution in [-0.4, -0.2) is 16.9 Å². The molecule has 3 heteroatoms. The van der Waals surface area contributed by atoms with Crippen LogP contribution >= 0.6 is 0 Å². The summed E-state index contributed by atoms with van der Waals surface area (Å²) in [7, 11) is 0. The van der Waals surface area contributed by atoms with Crippen molar-refractivity contribution in [1.29, 1.82) is 0 Å². The Hall–Kier alpha value is -1.38.